The number of rotatable bonds is 8. The highest BCUT2D eigenvalue weighted by Gasteiger charge is 2.41. The quantitative estimate of drug-likeness (QED) is 0.268. The third kappa shape index (κ3) is 5.36. The molecule has 2 saturated carbocycles. The Morgan fingerprint density at radius 1 is 0.963 bits per heavy atom. The maximum absolute atomic E-state index is 13.4. The number of hydrogen-bond acceptors (Lipinski definition) is 2. The van der Waals surface area contributed by atoms with Crippen LogP contribution >= 0.6 is 0 Å². The molecule has 0 radical (unpaired) electrons. The number of esters is 1. The molecule has 0 N–H and O–H groups in total. The summed E-state index contributed by atoms with van der Waals surface area (Å²) in [5.41, 5.74) is 1.04. The lowest BCUT2D eigenvalue weighted by Crippen LogP contribution is -2.37. The summed E-state index contributed by atoms with van der Waals surface area (Å²) < 4.78 is 6.16. The van der Waals surface area contributed by atoms with Crippen molar-refractivity contribution in [3.05, 3.63) is 29.8 Å². The molecule has 3 rings (SSSR count). The minimum Gasteiger partial charge on any atom is -0.426 e. The van der Waals surface area contributed by atoms with Crippen LogP contribution in [0.25, 0.3) is 0 Å². The molecule has 0 bridgehead atoms. The average Bonchev–Trinajstić information content (AvgIpc) is 2.73. The molecule has 150 valence electrons. The maximum atomic E-state index is 13.4. The van der Waals surface area contributed by atoms with Crippen LogP contribution in [0.5, 0.6) is 5.75 Å². The maximum Gasteiger partial charge on any atom is 0.317 e. The first-order valence-corrected chi connectivity index (χ1v) is 11.6. The minimum atomic E-state index is -0.230. The Morgan fingerprint density at radius 2 is 1.67 bits per heavy atom. The van der Waals surface area contributed by atoms with E-state index in [0.717, 1.165) is 31.4 Å². The first-order chi connectivity index (χ1) is 13.2. The van der Waals surface area contributed by atoms with Gasteiger partial charge in [0.1, 0.15) is 5.75 Å². The summed E-state index contributed by atoms with van der Waals surface area (Å²) in [7, 11) is 0. The van der Waals surface area contributed by atoms with Crippen molar-refractivity contribution in [3.8, 4) is 5.75 Å². The molecule has 0 heterocycles. The fourth-order valence-electron chi connectivity index (χ4n) is 5.21. The first kappa shape index (κ1) is 20.4. The summed E-state index contributed by atoms with van der Waals surface area (Å²) in [4.78, 5) is 13.4. The topological polar surface area (TPSA) is 26.3 Å². The summed E-state index contributed by atoms with van der Waals surface area (Å²) in [5.74, 6) is 1.46. The smallest absolute Gasteiger partial charge is 0.317 e. The number of unbranched alkanes of at least 4 members (excludes halogenated alkanes) is 3. The van der Waals surface area contributed by atoms with Crippen molar-refractivity contribution in [1.82, 2.24) is 0 Å². The van der Waals surface area contributed by atoms with Crippen LogP contribution in [0, 0.1) is 5.41 Å². The second-order valence-electron chi connectivity index (χ2n) is 8.91. The van der Waals surface area contributed by atoms with Crippen molar-refractivity contribution in [2.24, 2.45) is 5.41 Å². The lowest BCUT2D eigenvalue weighted by atomic mass is 9.71. The van der Waals surface area contributed by atoms with E-state index in [4.69, 9.17) is 4.74 Å². The summed E-state index contributed by atoms with van der Waals surface area (Å²) in [6.45, 7) is 2.24. The zero-order valence-electron chi connectivity index (χ0n) is 17.3. The van der Waals surface area contributed by atoms with Crippen LogP contribution in [-0.4, -0.2) is 5.97 Å². The van der Waals surface area contributed by atoms with Crippen LogP contribution in [0.4, 0.5) is 0 Å². The van der Waals surface area contributed by atoms with E-state index in [2.05, 4.69) is 19.1 Å². The van der Waals surface area contributed by atoms with Crippen molar-refractivity contribution in [2.75, 3.05) is 0 Å². The van der Waals surface area contributed by atoms with Crippen LogP contribution < -0.4 is 4.74 Å². The summed E-state index contributed by atoms with van der Waals surface area (Å²) >= 11 is 0. The van der Waals surface area contributed by atoms with E-state index < -0.39 is 0 Å². The van der Waals surface area contributed by atoms with Gasteiger partial charge < -0.3 is 4.74 Å². The van der Waals surface area contributed by atoms with Crippen molar-refractivity contribution in [1.29, 1.82) is 0 Å². The van der Waals surface area contributed by atoms with E-state index in [9.17, 15) is 4.79 Å². The molecule has 2 nitrogen and oxygen atoms in total. The third-order valence-corrected chi connectivity index (χ3v) is 6.92. The Labute approximate surface area is 166 Å². The lowest BCUT2D eigenvalue weighted by molar-refractivity contribution is -0.148. The van der Waals surface area contributed by atoms with Crippen LogP contribution in [0.3, 0.4) is 0 Å². The van der Waals surface area contributed by atoms with Gasteiger partial charge in [0.15, 0.2) is 0 Å². The normalized spacial score (nSPS) is 20.3. The SMILES string of the molecule is CCCCCCC1(C(=O)Oc2ccccc2C2CCCCC2)CCCCC1. The summed E-state index contributed by atoms with van der Waals surface area (Å²) in [6, 6.07) is 8.33. The van der Waals surface area contributed by atoms with Gasteiger partial charge >= 0.3 is 5.97 Å². The van der Waals surface area contributed by atoms with Crippen molar-refractivity contribution < 1.29 is 9.53 Å². The number of carbonyl (C=O) groups excluding carboxylic acids is 1. The fourth-order valence-corrected chi connectivity index (χ4v) is 5.21. The zero-order valence-corrected chi connectivity index (χ0v) is 17.3. The number of ether oxygens (including phenoxy) is 1. The predicted octanol–water partition coefficient (Wildman–Crippen LogP) is 7.56. The molecule has 0 amide bonds. The van der Waals surface area contributed by atoms with Crippen molar-refractivity contribution in [3.63, 3.8) is 0 Å². The number of benzene rings is 1. The molecular formula is C25H38O2. The van der Waals surface area contributed by atoms with Crippen LogP contribution in [-0.2, 0) is 4.79 Å². The van der Waals surface area contributed by atoms with Gasteiger partial charge in [-0.25, -0.2) is 0 Å². The van der Waals surface area contributed by atoms with Gasteiger partial charge in [-0.15, -0.1) is 0 Å². The highest BCUT2D eigenvalue weighted by molar-refractivity contribution is 5.79. The van der Waals surface area contributed by atoms with Crippen LogP contribution in [0.1, 0.15) is 115 Å². The van der Waals surface area contributed by atoms with E-state index >= 15 is 0 Å². The largest absolute Gasteiger partial charge is 0.426 e. The molecule has 0 unspecified atom stereocenters. The molecule has 0 spiro atoms. The van der Waals surface area contributed by atoms with Gasteiger partial charge in [-0.1, -0.05) is 89.3 Å². The Bertz CT molecular complexity index is 580. The van der Waals surface area contributed by atoms with E-state index in [1.165, 1.54) is 76.2 Å². The lowest BCUT2D eigenvalue weighted by Gasteiger charge is -2.35. The van der Waals surface area contributed by atoms with Crippen LogP contribution in [0.2, 0.25) is 0 Å². The molecule has 1 aromatic rings. The molecule has 0 atom stereocenters. The molecule has 1 aromatic carbocycles. The third-order valence-electron chi connectivity index (χ3n) is 6.92. The number of hydrogen-bond donors (Lipinski definition) is 0. The standard InChI is InChI=1S/C25H38O2/c1-2-3-4-11-18-25(19-12-6-13-20-25)24(26)27-23-17-10-9-16-22(23)21-14-7-5-8-15-21/h9-10,16-17,21H,2-8,11-15,18-20H2,1H3. The Hall–Kier alpha value is -1.31. The van der Waals surface area contributed by atoms with Crippen LogP contribution in [0.15, 0.2) is 24.3 Å². The molecular weight excluding hydrogens is 332 g/mol. The summed E-state index contributed by atoms with van der Waals surface area (Å²) in [5, 5.41) is 0. The van der Waals surface area contributed by atoms with Gasteiger partial charge in [-0.05, 0) is 49.7 Å². The predicted molar refractivity (Wildman–Crippen MR) is 112 cm³/mol. The molecule has 0 aromatic heterocycles. The van der Waals surface area contributed by atoms with Crippen molar-refractivity contribution in [2.45, 2.75) is 109 Å². The molecule has 2 aliphatic rings. The zero-order chi connectivity index (χ0) is 19.0. The highest BCUT2D eigenvalue weighted by Crippen LogP contribution is 2.43. The molecule has 27 heavy (non-hydrogen) atoms. The first-order valence-electron chi connectivity index (χ1n) is 11.6. The number of para-hydroxylation sites is 1. The van der Waals surface area contributed by atoms with Gasteiger partial charge in [0, 0.05) is 0 Å². The fraction of sp³-hybridized carbons (Fsp3) is 0.720. The molecule has 2 heteroatoms. The van der Waals surface area contributed by atoms with Gasteiger partial charge in [0.05, 0.1) is 5.41 Å². The average molecular weight is 371 g/mol. The molecule has 0 aliphatic heterocycles. The van der Waals surface area contributed by atoms with E-state index in [-0.39, 0.29) is 11.4 Å². The summed E-state index contributed by atoms with van der Waals surface area (Å²) in [6.07, 6.45) is 18.0. The van der Waals surface area contributed by atoms with Gasteiger partial charge in [0.25, 0.3) is 0 Å². The van der Waals surface area contributed by atoms with E-state index in [0.29, 0.717) is 5.92 Å². The Morgan fingerprint density at radius 3 is 2.41 bits per heavy atom. The monoisotopic (exact) mass is 370 g/mol. The Balaban J connectivity index is 1.71. The molecule has 0 saturated heterocycles. The second kappa shape index (κ2) is 10.3. The number of carbonyl (C=O) groups is 1. The molecule has 2 aliphatic carbocycles. The van der Waals surface area contributed by atoms with Gasteiger partial charge in [-0.2, -0.15) is 0 Å². The Kier molecular flexibility index (Phi) is 7.79. The highest BCUT2D eigenvalue weighted by atomic mass is 16.5. The van der Waals surface area contributed by atoms with Gasteiger partial charge in [-0.3, -0.25) is 4.79 Å². The van der Waals surface area contributed by atoms with E-state index in [1.54, 1.807) is 0 Å². The van der Waals surface area contributed by atoms with E-state index in [1.807, 2.05) is 12.1 Å². The second-order valence-corrected chi connectivity index (χ2v) is 8.91. The molecule has 2 fully saturated rings. The van der Waals surface area contributed by atoms with Gasteiger partial charge in [0.2, 0.25) is 0 Å². The minimum absolute atomic E-state index is 0.0574. The van der Waals surface area contributed by atoms with Crippen molar-refractivity contribution >= 4 is 5.97 Å².